The third kappa shape index (κ3) is 5.91. The van der Waals surface area contributed by atoms with Gasteiger partial charge in [-0.1, -0.05) is 12.1 Å². The first-order chi connectivity index (χ1) is 16.8. The molecular weight excluding hydrogens is 466 g/mol. The average Bonchev–Trinajstić information content (AvgIpc) is 3.66. The predicted octanol–water partition coefficient (Wildman–Crippen LogP) is 4.46. The zero-order valence-corrected chi connectivity index (χ0v) is 20.0. The molecule has 2 N–H and O–H groups in total. The van der Waals surface area contributed by atoms with Crippen LogP contribution in [-0.4, -0.2) is 27.5 Å². The fourth-order valence-corrected chi connectivity index (χ4v) is 4.58. The molecule has 0 aliphatic heterocycles. The normalized spacial score (nSPS) is 13.8. The second-order valence-electron chi connectivity index (χ2n) is 8.14. The Balaban J connectivity index is 1.29. The molecule has 3 aromatic rings. The first-order valence-electron chi connectivity index (χ1n) is 11.1. The van der Waals surface area contributed by atoms with Crippen molar-refractivity contribution in [1.82, 2.24) is 0 Å². The predicted molar refractivity (Wildman–Crippen MR) is 132 cm³/mol. The van der Waals surface area contributed by atoms with Gasteiger partial charge in [0.05, 0.1) is 23.0 Å². The summed E-state index contributed by atoms with van der Waals surface area (Å²) in [5.41, 5.74) is 1.62. The Bertz CT molecular complexity index is 1330. The molecule has 0 spiro atoms. The lowest BCUT2D eigenvalue weighted by Gasteiger charge is -2.11. The molecule has 180 valence electrons. The summed E-state index contributed by atoms with van der Waals surface area (Å²) in [6, 6.07) is 22.0. The number of nitriles is 1. The number of ether oxygens (including phenoxy) is 2. The van der Waals surface area contributed by atoms with Crippen molar-refractivity contribution in [1.29, 1.82) is 5.26 Å². The molecule has 0 atom stereocenters. The Morgan fingerprint density at radius 1 is 0.914 bits per heavy atom. The quantitative estimate of drug-likeness (QED) is 0.432. The van der Waals surface area contributed by atoms with Gasteiger partial charge in [-0.15, -0.1) is 0 Å². The fraction of sp³-hybridized carbons (Fsp3) is 0.231. The number of carbonyl (C=O) groups is 1. The van der Waals surface area contributed by atoms with Crippen LogP contribution in [0.1, 0.15) is 25.3 Å². The monoisotopic (exact) mass is 491 g/mol. The summed E-state index contributed by atoms with van der Waals surface area (Å²) in [5, 5.41) is 12.0. The van der Waals surface area contributed by atoms with Crippen molar-refractivity contribution in [2.75, 3.05) is 23.3 Å². The Labute approximate surface area is 204 Å². The first kappa shape index (κ1) is 24.1. The zero-order chi connectivity index (χ0) is 24.9. The Kier molecular flexibility index (Phi) is 6.94. The van der Waals surface area contributed by atoms with Crippen LogP contribution in [0.2, 0.25) is 0 Å². The van der Waals surface area contributed by atoms with E-state index in [9.17, 15) is 18.5 Å². The number of hydrogen-bond acceptors (Lipinski definition) is 6. The highest BCUT2D eigenvalue weighted by Crippen LogP contribution is 2.47. The topological polar surface area (TPSA) is 118 Å². The zero-order valence-electron chi connectivity index (χ0n) is 19.2. The molecule has 0 aromatic heterocycles. The second kappa shape index (κ2) is 10.1. The van der Waals surface area contributed by atoms with Crippen molar-refractivity contribution in [3.63, 3.8) is 0 Å². The van der Waals surface area contributed by atoms with Crippen molar-refractivity contribution in [2.45, 2.75) is 30.1 Å². The molecule has 1 amide bonds. The van der Waals surface area contributed by atoms with Crippen molar-refractivity contribution < 1.29 is 22.7 Å². The summed E-state index contributed by atoms with van der Waals surface area (Å²) in [5.74, 6) is 0.664. The molecule has 1 aliphatic rings. The van der Waals surface area contributed by atoms with Crippen LogP contribution in [0.25, 0.3) is 0 Å². The molecule has 0 saturated heterocycles. The van der Waals surface area contributed by atoms with E-state index in [0.717, 1.165) is 18.4 Å². The number of anilines is 2. The van der Waals surface area contributed by atoms with Gasteiger partial charge < -0.3 is 14.8 Å². The van der Waals surface area contributed by atoms with Gasteiger partial charge in [0.2, 0.25) is 0 Å². The lowest BCUT2D eigenvalue weighted by molar-refractivity contribution is -0.118. The van der Waals surface area contributed by atoms with Crippen molar-refractivity contribution >= 4 is 27.3 Å². The van der Waals surface area contributed by atoms with E-state index >= 15 is 0 Å². The minimum absolute atomic E-state index is 0.0640. The minimum Gasteiger partial charge on any atom is -0.494 e. The van der Waals surface area contributed by atoms with Gasteiger partial charge >= 0.3 is 0 Å². The molecular formula is C26H25N3O5S. The van der Waals surface area contributed by atoms with E-state index in [1.807, 2.05) is 19.1 Å². The largest absolute Gasteiger partial charge is 0.494 e. The summed E-state index contributed by atoms with van der Waals surface area (Å²) in [7, 11) is -3.78. The van der Waals surface area contributed by atoms with Crippen LogP contribution in [0, 0.1) is 11.3 Å². The van der Waals surface area contributed by atoms with E-state index in [-0.39, 0.29) is 22.8 Å². The lowest BCUT2D eigenvalue weighted by atomic mass is 9.98. The summed E-state index contributed by atoms with van der Waals surface area (Å²) >= 11 is 0. The summed E-state index contributed by atoms with van der Waals surface area (Å²) in [4.78, 5) is 12.3. The standard InChI is InChI=1S/C26H25N3O5S/c1-2-33-22-9-7-21(8-10-22)29-35(31,32)24-13-11-23(12-14-24)34-17-25(30)28-20-5-3-19(4-6-20)26(18-27)15-16-26/h3-14,29H,2,15-17H2,1H3,(H,28,30). The van der Waals surface area contributed by atoms with E-state index in [4.69, 9.17) is 9.47 Å². The van der Waals surface area contributed by atoms with E-state index in [1.165, 1.54) is 24.3 Å². The SMILES string of the molecule is CCOc1ccc(NS(=O)(=O)c2ccc(OCC(=O)Nc3ccc(C4(C#N)CC4)cc3)cc2)cc1. The third-order valence-electron chi connectivity index (χ3n) is 5.61. The second-order valence-corrected chi connectivity index (χ2v) is 9.82. The highest BCUT2D eigenvalue weighted by atomic mass is 32.2. The van der Waals surface area contributed by atoms with Gasteiger partial charge in [-0.25, -0.2) is 8.42 Å². The van der Waals surface area contributed by atoms with Crippen molar-refractivity contribution in [3.05, 3.63) is 78.4 Å². The van der Waals surface area contributed by atoms with Crippen LogP contribution in [-0.2, 0) is 20.2 Å². The molecule has 4 rings (SSSR count). The van der Waals surface area contributed by atoms with Gasteiger partial charge in [0.1, 0.15) is 11.5 Å². The van der Waals surface area contributed by atoms with E-state index in [2.05, 4.69) is 16.1 Å². The number of carbonyl (C=O) groups excluding carboxylic acids is 1. The number of amides is 1. The van der Waals surface area contributed by atoms with Crippen LogP contribution in [0.15, 0.2) is 77.7 Å². The Hall–Kier alpha value is -4.03. The Morgan fingerprint density at radius 2 is 1.49 bits per heavy atom. The minimum atomic E-state index is -3.78. The molecule has 0 radical (unpaired) electrons. The van der Waals surface area contributed by atoms with Gasteiger partial charge in [-0.3, -0.25) is 9.52 Å². The number of benzene rings is 3. The van der Waals surface area contributed by atoms with Gasteiger partial charge in [0, 0.05) is 11.4 Å². The number of hydrogen-bond donors (Lipinski definition) is 2. The van der Waals surface area contributed by atoms with Crippen molar-refractivity contribution in [2.24, 2.45) is 0 Å². The molecule has 0 heterocycles. The van der Waals surface area contributed by atoms with E-state index < -0.39 is 10.0 Å². The van der Waals surface area contributed by atoms with Gasteiger partial charge in [-0.05, 0) is 86.0 Å². The number of nitrogens with zero attached hydrogens (tertiary/aromatic N) is 1. The highest BCUT2D eigenvalue weighted by Gasteiger charge is 2.44. The maximum atomic E-state index is 12.6. The van der Waals surface area contributed by atoms with Gasteiger partial charge in [0.15, 0.2) is 6.61 Å². The summed E-state index contributed by atoms with van der Waals surface area (Å²) in [6.07, 6.45) is 1.72. The van der Waals surface area contributed by atoms with Gasteiger partial charge in [0.25, 0.3) is 15.9 Å². The van der Waals surface area contributed by atoms with Gasteiger partial charge in [-0.2, -0.15) is 5.26 Å². The molecule has 0 bridgehead atoms. The lowest BCUT2D eigenvalue weighted by Crippen LogP contribution is -2.20. The third-order valence-corrected chi connectivity index (χ3v) is 7.00. The van der Waals surface area contributed by atoms with Crippen LogP contribution in [0.3, 0.4) is 0 Å². The summed E-state index contributed by atoms with van der Waals surface area (Å²) in [6.45, 7) is 2.16. The van der Waals surface area contributed by atoms with Crippen molar-refractivity contribution in [3.8, 4) is 17.6 Å². The smallest absolute Gasteiger partial charge is 0.262 e. The molecule has 1 fully saturated rings. The number of sulfonamides is 1. The fourth-order valence-electron chi connectivity index (χ4n) is 3.52. The van der Waals surface area contributed by atoms with Crippen LogP contribution >= 0.6 is 0 Å². The molecule has 35 heavy (non-hydrogen) atoms. The first-order valence-corrected chi connectivity index (χ1v) is 12.6. The highest BCUT2D eigenvalue weighted by molar-refractivity contribution is 7.92. The molecule has 1 aliphatic carbocycles. The maximum absolute atomic E-state index is 12.6. The average molecular weight is 492 g/mol. The van der Waals surface area contributed by atoms with E-state index in [1.54, 1.807) is 36.4 Å². The maximum Gasteiger partial charge on any atom is 0.262 e. The molecule has 9 heteroatoms. The van der Waals surface area contributed by atoms with Crippen LogP contribution in [0.5, 0.6) is 11.5 Å². The van der Waals surface area contributed by atoms with Crippen LogP contribution in [0.4, 0.5) is 11.4 Å². The van der Waals surface area contributed by atoms with Crippen LogP contribution < -0.4 is 19.5 Å². The molecule has 0 unspecified atom stereocenters. The Morgan fingerprint density at radius 3 is 2.06 bits per heavy atom. The number of rotatable bonds is 10. The summed E-state index contributed by atoms with van der Waals surface area (Å²) < 4.78 is 38.6. The molecule has 3 aromatic carbocycles. The molecule has 8 nitrogen and oxygen atoms in total. The number of nitrogens with one attached hydrogen (secondary N) is 2. The molecule has 1 saturated carbocycles. The van der Waals surface area contributed by atoms with E-state index in [0.29, 0.717) is 29.5 Å².